The molecule has 3 rings (SSSR count). The third-order valence-corrected chi connectivity index (χ3v) is 8.60. The molecule has 2 N–H and O–H groups in total. The van der Waals surface area contributed by atoms with Crippen LogP contribution in [0.4, 0.5) is 0 Å². The van der Waals surface area contributed by atoms with Crippen molar-refractivity contribution in [2.75, 3.05) is 28.4 Å². The van der Waals surface area contributed by atoms with E-state index in [1.165, 1.54) is 61.5 Å². The zero-order chi connectivity index (χ0) is 29.8. The lowest BCUT2D eigenvalue weighted by Gasteiger charge is -2.10. The van der Waals surface area contributed by atoms with Crippen LogP contribution in [0.15, 0.2) is 55.3 Å². The number of benzene rings is 2. The molecule has 3 aromatic rings. The van der Waals surface area contributed by atoms with Crippen LogP contribution >= 0.6 is 34.9 Å². The van der Waals surface area contributed by atoms with Gasteiger partial charge in [-0.3, -0.25) is 9.59 Å². The normalized spacial score (nSPS) is 12.6. The van der Waals surface area contributed by atoms with Gasteiger partial charge in [0.05, 0.1) is 51.4 Å². The number of hydrogen-bond acceptors (Lipinski definition) is 13. The molecular formula is C26H30N6O6S3. The zero-order valence-corrected chi connectivity index (χ0v) is 25.7. The summed E-state index contributed by atoms with van der Waals surface area (Å²) in [6, 6.07) is 10.7. The molecule has 2 aromatic carbocycles. The number of nitrogens with one attached hydrogen (secondary N) is 2. The van der Waals surface area contributed by atoms with Crippen LogP contribution in [0.2, 0.25) is 0 Å². The maximum Gasteiger partial charge on any atom is 0.253 e. The number of hydrazone groups is 2. The Balaban J connectivity index is 1.49. The Morgan fingerprint density at radius 1 is 0.756 bits per heavy atom. The predicted octanol–water partition coefficient (Wildman–Crippen LogP) is 3.83. The van der Waals surface area contributed by atoms with E-state index in [4.69, 9.17) is 18.9 Å². The van der Waals surface area contributed by atoms with Crippen LogP contribution in [0.1, 0.15) is 25.0 Å². The number of thioether (sulfide) groups is 2. The first-order chi connectivity index (χ1) is 19.8. The Kier molecular flexibility index (Phi) is 12.2. The monoisotopic (exact) mass is 618 g/mol. The highest BCUT2D eigenvalue weighted by Crippen LogP contribution is 2.33. The van der Waals surface area contributed by atoms with Crippen LogP contribution in [0.5, 0.6) is 23.0 Å². The van der Waals surface area contributed by atoms with Gasteiger partial charge in [-0.2, -0.15) is 10.2 Å². The number of hydrogen-bond donors (Lipinski definition) is 2. The summed E-state index contributed by atoms with van der Waals surface area (Å²) in [7, 11) is 6.15. The van der Waals surface area contributed by atoms with Gasteiger partial charge in [0.15, 0.2) is 31.7 Å². The first-order valence-electron chi connectivity index (χ1n) is 12.1. The average Bonchev–Trinajstić information content (AvgIpc) is 3.42. The topological polar surface area (TPSA) is 146 Å². The Bertz CT molecular complexity index is 1300. The molecule has 218 valence electrons. The van der Waals surface area contributed by atoms with Gasteiger partial charge in [0, 0.05) is 11.1 Å². The van der Waals surface area contributed by atoms with Crippen molar-refractivity contribution in [3.05, 3.63) is 47.5 Å². The summed E-state index contributed by atoms with van der Waals surface area (Å²) in [4.78, 5) is 25.1. The van der Waals surface area contributed by atoms with E-state index in [1.807, 2.05) is 0 Å². The van der Waals surface area contributed by atoms with E-state index in [0.717, 1.165) is 0 Å². The van der Waals surface area contributed by atoms with E-state index in [0.29, 0.717) is 42.8 Å². The molecule has 0 unspecified atom stereocenters. The lowest BCUT2D eigenvalue weighted by Crippen LogP contribution is -2.26. The summed E-state index contributed by atoms with van der Waals surface area (Å²) in [6.45, 7) is 3.47. The Labute approximate surface area is 250 Å². The minimum absolute atomic E-state index is 0.309. The number of carbonyl (C=O) groups excluding carboxylic acids is 2. The fourth-order valence-electron chi connectivity index (χ4n) is 3.24. The molecule has 2 atom stereocenters. The smallest absolute Gasteiger partial charge is 0.253 e. The van der Waals surface area contributed by atoms with Crippen molar-refractivity contribution in [2.45, 2.75) is 33.0 Å². The van der Waals surface area contributed by atoms with Crippen molar-refractivity contribution in [1.82, 2.24) is 21.0 Å². The van der Waals surface area contributed by atoms with Crippen molar-refractivity contribution in [1.29, 1.82) is 0 Å². The molecule has 15 heteroatoms. The third kappa shape index (κ3) is 8.83. The lowest BCUT2D eigenvalue weighted by atomic mass is 10.2. The van der Waals surface area contributed by atoms with Crippen molar-refractivity contribution < 1.29 is 28.5 Å². The summed E-state index contributed by atoms with van der Waals surface area (Å²) < 4.78 is 22.4. The van der Waals surface area contributed by atoms with Crippen LogP contribution < -0.4 is 29.8 Å². The molecule has 2 amide bonds. The van der Waals surface area contributed by atoms with Gasteiger partial charge in [-0.15, -0.1) is 10.2 Å². The summed E-state index contributed by atoms with van der Waals surface area (Å²) in [6.07, 6.45) is 2.97. The van der Waals surface area contributed by atoms with Crippen molar-refractivity contribution in [3.63, 3.8) is 0 Å². The summed E-state index contributed by atoms with van der Waals surface area (Å²) in [5.41, 5.74) is 6.35. The van der Waals surface area contributed by atoms with Gasteiger partial charge in [0.1, 0.15) is 0 Å². The van der Waals surface area contributed by atoms with Crippen LogP contribution in [-0.2, 0) is 9.59 Å². The molecule has 0 saturated carbocycles. The van der Waals surface area contributed by atoms with Gasteiger partial charge in [-0.1, -0.05) is 47.0 Å². The van der Waals surface area contributed by atoms with Gasteiger partial charge in [-0.05, 0) is 38.1 Å². The molecule has 0 bridgehead atoms. The number of nitrogens with zero attached hydrogens (tertiary/aromatic N) is 4. The number of rotatable bonds is 14. The Morgan fingerprint density at radius 2 is 1.17 bits per heavy atom. The maximum absolute atomic E-state index is 12.5. The van der Waals surface area contributed by atoms with Crippen LogP contribution in [0.25, 0.3) is 0 Å². The highest BCUT2D eigenvalue weighted by molar-refractivity contribution is 8.04. The number of para-hydroxylation sites is 2. The van der Waals surface area contributed by atoms with E-state index < -0.39 is 10.5 Å². The van der Waals surface area contributed by atoms with Gasteiger partial charge in [0.25, 0.3) is 11.8 Å². The number of aromatic nitrogens is 2. The van der Waals surface area contributed by atoms with E-state index in [1.54, 1.807) is 64.5 Å². The summed E-state index contributed by atoms with van der Waals surface area (Å²) >= 11 is 3.77. The van der Waals surface area contributed by atoms with Crippen molar-refractivity contribution in [2.24, 2.45) is 10.2 Å². The SMILES string of the molecule is COc1cccc(C=NNC(=O)[C@@H](C)Sc2nnc(S[C@H](C)C(=O)NN=Cc3cccc(OC)c3OC)s2)c1OC. The second-order valence-corrected chi connectivity index (χ2v) is 12.1. The molecule has 12 nitrogen and oxygen atoms in total. The molecule has 41 heavy (non-hydrogen) atoms. The summed E-state index contributed by atoms with van der Waals surface area (Å²) in [5.74, 6) is 1.53. The Hall–Kier alpha value is -3.82. The molecule has 1 heterocycles. The molecule has 0 spiro atoms. The first kappa shape index (κ1) is 31.7. The number of methoxy groups -OCH3 is 4. The molecule has 0 aliphatic carbocycles. The standard InChI is InChI=1S/C26H30N6O6S3/c1-15(23(33)29-27-13-17-9-7-11-19(35-3)21(17)37-5)39-25-31-32-26(41-25)40-16(2)24(34)30-28-14-18-10-8-12-20(36-4)22(18)38-6/h7-16H,1-6H3,(H,29,33)(H,30,34)/t15-,16-/m1/s1. The molecule has 1 aromatic heterocycles. The highest BCUT2D eigenvalue weighted by atomic mass is 32.2. The van der Waals surface area contributed by atoms with Crippen LogP contribution in [0.3, 0.4) is 0 Å². The second-order valence-electron chi connectivity index (χ2n) is 7.99. The molecule has 0 aliphatic heterocycles. The molecular weight excluding hydrogens is 589 g/mol. The van der Waals surface area contributed by atoms with Gasteiger partial charge >= 0.3 is 0 Å². The second kappa shape index (κ2) is 15.8. The minimum atomic E-state index is -0.492. The molecule has 0 aliphatic rings. The fraction of sp³-hybridized carbons (Fsp3) is 0.308. The quantitative estimate of drug-likeness (QED) is 0.155. The fourth-order valence-corrected chi connectivity index (χ4v) is 6.54. The summed E-state index contributed by atoms with van der Waals surface area (Å²) in [5, 5.41) is 15.4. The van der Waals surface area contributed by atoms with Crippen LogP contribution in [-0.4, -0.2) is 73.4 Å². The van der Waals surface area contributed by atoms with Crippen molar-refractivity contribution in [3.8, 4) is 23.0 Å². The first-order valence-corrected chi connectivity index (χ1v) is 14.6. The van der Waals surface area contributed by atoms with E-state index in [-0.39, 0.29) is 11.8 Å². The lowest BCUT2D eigenvalue weighted by molar-refractivity contribution is -0.121. The Morgan fingerprint density at radius 3 is 1.54 bits per heavy atom. The third-order valence-electron chi connectivity index (χ3n) is 5.31. The largest absolute Gasteiger partial charge is 0.493 e. The number of ether oxygens (including phenoxy) is 4. The van der Waals surface area contributed by atoms with Gasteiger partial charge in [-0.25, -0.2) is 10.9 Å². The zero-order valence-electron chi connectivity index (χ0n) is 23.2. The number of carbonyl (C=O) groups is 2. The van der Waals surface area contributed by atoms with Crippen molar-refractivity contribution >= 4 is 59.1 Å². The van der Waals surface area contributed by atoms with Gasteiger partial charge < -0.3 is 18.9 Å². The number of amides is 2. The predicted molar refractivity (Wildman–Crippen MR) is 161 cm³/mol. The van der Waals surface area contributed by atoms with Gasteiger partial charge in [0.2, 0.25) is 0 Å². The molecule has 0 radical (unpaired) electrons. The van der Waals surface area contributed by atoms with E-state index in [9.17, 15) is 9.59 Å². The highest BCUT2D eigenvalue weighted by Gasteiger charge is 2.20. The molecule has 0 fully saturated rings. The van der Waals surface area contributed by atoms with E-state index >= 15 is 0 Å². The van der Waals surface area contributed by atoms with E-state index in [2.05, 4.69) is 31.3 Å². The average molecular weight is 619 g/mol. The minimum Gasteiger partial charge on any atom is -0.493 e. The molecule has 0 saturated heterocycles. The van der Waals surface area contributed by atoms with Crippen LogP contribution in [0, 0.1) is 0 Å². The maximum atomic E-state index is 12.5.